The third kappa shape index (κ3) is 49.6. The number of hydrogen-bond acceptors (Lipinski definition) is 14. The molecule has 2 unspecified atom stereocenters. The van der Waals surface area contributed by atoms with Gasteiger partial charge < -0.3 is 39.1 Å². The van der Waals surface area contributed by atoms with E-state index >= 15 is 0 Å². The van der Waals surface area contributed by atoms with Gasteiger partial charge in [-0.05, 0) is 77.0 Å². The van der Waals surface area contributed by atoms with Crippen molar-refractivity contribution in [3.05, 3.63) is 24.3 Å². The van der Waals surface area contributed by atoms with Gasteiger partial charge in [-0.25, -0.2) is 0 Å². The molecule has 0 saturated carbocycles. The molecule has 0 aliphatic carbocycles. The number of esters is 6. The Hall–Kier alpha value is -3.78. The quantitative estimate of drug-likeness (QED) is 0.0193. The summed E-state index contributed by atoms with van der Waals surface area (Å²) in [6, 6.07) is 0.672. The zero-order valence-corrected chi connectivity index (χ0v) is 45.7. The lowest BCUT2D eigenvalue weighted by atomic mass is 10.1. The molecule has 0 spiro atoms. The monoisotopic (exact) mass is 1010 g/mol. The lowest BCUT2D eigenvalue weighted by Crippen LogP contribution is -2.27. The summed E-state index contributed by atoms with van der Waals surface area (Å²) in [6.45, 7) is 14.0. The van der Waals surface area contributed by atoms with Crippen molar-refractivity contribution >= 4 is 35.8 Å². The summed E-state index contributed by atoms with van der Waals surface area (Å²) in [4.78, 5) is 73.3. The van der Waals surface area contributed by atoms with Crippen LogP contribution in [0.5, 0.6) is 0 Å². The van der Waals surface area contributed by atoms with Crippen LogP contribution in [-0.2, 0) is 57.2 Å². The minimum atomic E-state index is -0.354. The molecule has 14 nitrogen and oxygen atoms in total. The van der Waals surface area contributed by atoms with Crippen LogP contribution in [-0.4, -0.2) is 93.2 Å². The van der Waals surface area contributed by atoms with Gasteiger partial charge in [0.25, 0.3) is 0 Å². The summed E-state index contributed by atoms with van der Waals surface area (Å²) in [6.07, 6.45) is 33.9. The molecule has 0 amide bonds. The van der Waals surface area contributed by atoms with E-state index in [-0.39, 0.29) is 80.5 Å². The first kappa shape index (κ1) is 67.2. The number of rotatable bonds is 50. The van der Waals surface area contributed by atoms with Crippen molar-refractivity contribution in [1.29, 1.82) is 0 Å². The molecule has 0 aromatic rings. The summed E-state index contributed by atoms with van der Waals surface area (Å²) in [5.74, 6) is -1.81. The van der Waals surface area contributed by atoms with Crippen molar-refractivity contribution in [2.45, 2.75) is 271 Å². The van der Waals surface area contributed by atoms with Crippen molar-refractivity contribution in [1.82, 2.24) is 10.6 Å². The summed E-state index contributed by atoms with van der Waals surface area (Å²) >= 11 is 0. The number of nitrogens with one attached hydrogen (secondary N) is 2. The molecule has 14 heteroatoms. The molecule has 0 aliphatic rings. The van der Waals surface area contributed by atoms with Gasteiger partial charge in [0.2, 0.25) is 6.79 Å². The SMILES string of the molecule is CCCCCCC(C/C=C\CCCCCCCC(=O)OCOC(=O)CCCCCCC/C=C\CC(CCCCCC)OC(=O)CCCC(=O)OCCNC(C)C)OC(=O)CCCC(=O)OCCNC(C)C. The van der Waals surface area contributed by atoms with Gasteiger partial charge in [-0.3, -0.25) is 28.8 Å². The Kier molecular flexibility index (Phi) is 47.1. The van der Waals surface area contributed by atoms with Gasteiger partial charge >= 0.3 is 35.8 Å². The Morgan fingerprint density at radius 3 is 1.11 bits per heavy atom. The van der Waals surface area contributed by atoms with Gasteiger partial charge in [-0.15, -0.1) is 0 Å². The molecule has 0 saturated heterocycles. The van der Waals surface area contributed by atoms with E-state index in [4.69, 9.17) is 28.4 Å². The van der Waals surface area contributed by atoms with Crippen LogP contribution in [0.1, 0.15) is 247 Å². The van der Waals surface area contributed by atoms with Crippen LogP contribution in [0.15, 0.2) is 24.3 Å². The molecule has 0 aliphatic heterocycles. The maximum absolute atomic E-state index is 12.5. The van der Waals surface area contributed by atoms with Crippen LogP contribution in [0, 0.1) is 0 Å². The zero-order valence-electron chi connectivity index (χ0n) is 45.7. The fourth-order valence-corrected chi connectivity index (χ4v) is 7.62. The van der Waals surface area contributed by atoms with E-state index in [1.165, 1.54) is 12.8 Å². The predicted octanol–water partition coefficient (Wildman–Crippen LogP) is 12.6. The highest BCUT2D eigenvalue weighted by atomic mass is 16.7. The minimum absolute atomic E-state index is 0.153. The van der Waals surface area contributed by atoms with E-state index < -0.39 is 0 Å². The van der Waals surface area contributed by atoms with Gasteiger partial charge in [0.05, 0.1) is 0 Å². The van der Waals surface area contributed by atoms with Crippen molar-refractivity contribution in [2.75, 3.05) is 33.1 Å². The van der Waals surface area contributed by atoms with Gasteiger partial charge in [-0.2, -0.15) is 0 Å². The summed E-state index contributed by atoms with van der Waals surface area (Å²) in [7, 11) is 0. The van der Waals surface area contributed by atoms with Crippen LogP contribution in [0.2, 0.25) is 0 Å². The molecule has 2 atom stereocenters. The van der Waals surface area contributed by atoms with Crippen molar-refractivity contribution in [3.8, 4) is 0 Å². The second kappa shape index (κ2) is 49.8. The molecule has 0 rings (SSSR count). The van der Waals surface area contributed by atoms with Crippen LogP contribution >= 0.6 is 0 Å². The lowest BCUT2D eigenvalue weighted by Gasteiger charge is -2.16. The summed E-state index contributed by atoms with van der Waals surface area (Å²) < 4.78 is 32.3. The Labute approximate surface area is 431 Å². The summed E-state index contributed by atoms with van der Waals surface area (Å²) in [5.41, 5.74) is 0. The predicted molar refractivity (Wildman–Crippen MR) is 282 cm³/mol. The number of ether oxygens (including phenoxy) is 6. The minimum Gasteiger partial charge on any atom is -0.464 e. The Bertz CT molecular complexity index is 1300. The van der Waals surface area contributed by atoms with E-state index in [0.29, 0.717) is 76.9 Å². The van der Waals surface area contributed by atoms with Crippen LogP contribution < -0.4 is 10.6 Å². The maximum atomic E-state index is 12.5. The molecule has 71 heavy (non-hydrogen) atoms. The van der Waals surface area contributed by atoms with E-state index in [0.717, 1.165) is 128 Å². The second-order valence-corrected chi connectivity index (χ2v) is 19.5. The van der Waals surface area contributed by atoms with Crippen LogP contribution in [0.3, 0.4) is 0 Å². The van der Waals surface area contributed by atoms with Crippen molar-refractivity contribution in [3.63, 3.8) is 0 Å². The number of carbonyl (C=O) groups excluding carboxylic acids is 6. The largest absolute Gasteiger partial charge is 0.464 e. The molecule has 0 heterocycles. The number of allylic oxidation sites excluding steroid dienone is 2. The highest BCUT2D eigenvalue weighted by molar-refractivity contribution is 5.73. The first-order valence-corrected chi connectivity index (χ1v) is 28.1. The Morgan fingerprint density at radius 1 is 0.380 bits per heavy atom. The Balaban J connectivity index is 4.08. The fraction of sp³-hybridized carbons (Fsp3) is 0.825. The number of unbranched alkanes of at least 4 members (excludes halogenated alkanes) is 16. The zero-order chi connectivity index (χ0) is 52.4. The smallest absolute Gasteiger partial charge is 0.308 e. The van der Waals surface area contributed by atoms with Gasteiger partial charge in [-0.1, -0.05) is 143 Å². The first-order chi connectivity index (χ1) is 34.4. The molecule has 2 N–H and O–H groups in total. The lowest BCUT2D eigenvalue weighted by molar-refractivity contribution is -0.167. The van der Waals surface area contributed by atoms with Crippen LogP contribution in [0.25, 0.3) is 0 Å². The van der Waals surface area contributed by atoms with E-state index in [1.807, 2.05) is 27.7 Å². The molecule has 0 fully saturated rings. The molecule has 0 bridgehead atoms. The van der Waals surface area contributed by atoms with Crippen molar-refractivity contribution < 1.29 is 57.2 Å². The van der Waals surface area contributed by atoms with Crippen LogP contribution in [0.4, 0.5) is 0 Å². The van der Waals surface area contributed by atoms with Gasteiger partial charge in [0.1, 0.15) is 25.4 Å². The molecular formula is C57H102N2O12. The third-order valence-corrected chi connectivity index (χ3v) is 11.8. The molecule has 0 aromatic carbocycles. The van der Waals surface area contributed by atoms with E-state index in [9.17, 15) is 28.8 Å². The third-order valence-electron chi connectivity index (χ3n) is 11.8. The van der Waals surface area contributed by atoms with Crippen molar-refractivity contribution in [2.24, 2.45) is 0 Å². The van der Waals surface area contributed by atoms with Gasteiger partial charge in [0, 0.05) is 76.5 Å². The second-order valence-electron chi connectivity index (χ2n) is 19.5. The van der Waals surface area contributed by atoms with E-state index in [2.05, 4.69) is 48.8 Å². The molecule has 0 aromatic heterocycles. The normalized spacial score (nSPS) is 12.4. The fourth-order valence-electron chi connectivity index (χ4n) is 7.62. The first-order valence-electron chi connectivity index (χ1n) is 28.1. The topological polar surface area (TPSA) is 182 Å². The standard InChI is InChI=1S/C57H102N2O12/c1-7-9-11-25-33-50(70-56(64)41-31-39-52(60)66-45-43-58-48(3)4)35-27-21-17-13-15-19-23-29-37-54(62)68-47-69-55(63)38-30-24-20-16-14-18-22-28-36-51(34-26-12-10-8-2)71-57(65)42-32-40-53(61)67-46-44-59-49(5)6/h21-22,27-28,48-51,58-59H,7-20,23-26,29-47H2,1-6H3/b27-21-,28-22-. The van der Waals surface area contributed by atoms with Gasteiger partial charge in [0.15, 0.2) is 0 Å². The Morgan fingerprint density at radius 2 is 0.718 bits per heavy atom. The number of carbonyl (C=O) groups is 6. The van der Waals surface area contributed by atoms with E-state index in [1.54, 1.807) is 0 Å². The highest BCUT2D eigenvalue weighted by Gasteiger charge is 2.16. The highest BCUT2D eigenvalue weighted by Crippen LogP contribution is 2.17. The molecule has 412 valence electrons. The average Bonchev–Trinajstić information content (AvgIpc) is 3.32. The summed E-state index contributed by atoms with van der Waals surface area (Å²) in [5, 5.41) is 6.40. The molecule has 0 radical (unpaired) electrons. The number of hydrogen-bond donors (Lipinski definition) is 2. The average molecular weight is 1010 g/mol. The maximum Gasteiger partial charge on any atom is 0.308 e. The molecular weight excluding hydrogens is 905 g/mol.